The molecule has 1 atom stereocenters. The van der Waals surface area contributed by atoms with E-state index in [0.29, 0.717) is 29.7 Å². The Hall–Kier alpha value is -3.61. The molecular weight excluding hydrogens is 396 g/mol. The second kappa shape index (κ2) is 9.47. The largest absolute Gasteiger partial charge is 0.461 e. The van der Waals surface area contributed by atoms with Crippen LogP contribution in [0.15, 0.2) is 71.8 Å². The highest BCUT2D eigenvalue weighted by Crippen LogP contribution is 2.44. The monoisotopic (exact) mass is 422 g/mol. The molecule has 2 aromatic rings. The van der Waals surface area contributed by atoms with Gasteiger partial charge in [0, 0.05) is 36.7 Å². The summed E-state index contributed by atoms with van der Waals surface area (Å²) in [4.78, 5) is 36.7. The van der Waals surface area contributed by atoms with Crippen LogP contribution in [0.4, 0.5) is 4.79 Å². The molecule has 0 saturated carbocycles. The summed E-state index contributed by atoms with van der Waals surface area (Å²) in [7, 11) is 0. The van der Waals surface area contributed by atoms with Gasteiger partial charge in [0.05, 0.1) is 0 Å². The lowest BCUT2D eigenvalue weighted by Gasteiger charge is -2.34. The van der Waals surface area contributed by atoms with Crippen LogP contribution in [0.1, 0.15) is 24.5 Å². The quantitative estimate of drug-likeness (QED) is 0.767. The number of carbonyl (C=O) groups is 3. The van der Waals surface area contributed by atoms with Crippen LogP contribution < -0.4 is 5.73 Å². The molecule has 0 spiro atoms. The molecule has 2 amide bonds. The maximum Gasteiger partial charge on any atom is 0.335 e. The Morgan fingerprint density at radius 3 is 2.23 bits per heavy atom. The Bertz CT molecular complexity index is 988. The Labute approximate surface area is 181 Å². The summed E-state index contributed by atoms with van der Waals surface area (Å²) < 4.78 is 10.9. The van der Waals surface area contributed by atoms with Crippen molar-refractivity contribution in [2.75, 3.05) is 19.7 Å². The molecule has 2 aliphatic heterocycles. The van der Waals surface area contributed by atoms with Crippen molar-refractivity contribution in [2.45, 2.75) is 25.9 Å². The number of nitrogens with zero attached hydrogens (tertiary/aromatic N) is 1. The highest BCUT2D eigenvalue weighted by molar-refractivity contribution is 5.94. The van der Waals surface area contributed by atoms with Crippen molar-refractivity contribution in [1.29, 1.82) is 0 Å². The number of aryl methyl sites for hydroxylation is 1. The molecule has 2 aliphatic rings. The van der Waals surface area contributed by atoms with Crippen LogP contribution in [0, 0.1) is 6.92 Å². The first-order valence-electron chi connectivity index (χ1n) is 10.0. The van der Waals surface area contributed by atoms with E-state index in [9.17, 15) is 14.4 Å². The maximum atomic E-state index is 12.4. The smallest absolute Gasteiger partial charge is 0.335 e. The number of cyclic esters (lactones) is 1. The molecule has 0 aliphatic carbocycles. The molecule has 31 heavy (non-hydrogen) atoms. The second-order valence-corrected chi connectivity index (χ2v) is 7.48. The Morgan fingerprint density at radius 1 is 1.10 bits per heavy atom. The first-order chi connectivity index (χ1) is 14.8. The van der Waals surface area contributed by atoms with E-state index in [2.05, 4.69) is 19.1 Å². The van der Waals surface area contributed by atoms with Crippen molar-refractivity contribution in [2.24, 2.45) is 5.73 Å². The zero-order valence-corrected chi connectivity index (χ0v) is 17.7. The van der Waals surface area contributed by atoms with Gasteiger partial charge >= 0.3 is 18.0 Å². The van der Waals surface area contributed by atoms with Crippen LogP contribution in [0.2, 0.25) is 0 Å². The Kier molecular flexibility index (Phi) is 6.74. The third kappa shape index (κ3) is 4.94. The molecule has 1 unspecified atom stereocenters. The summed E-state index contributed by atoms with van der Waals surface area (Å²) in [6.07, 6.45) is 0.367. The first kappa shape index (κ1) is 22.1. The van der Waals surface area contributed by atoms with Gasteiger partial charge in [0.1, 0.15) is 6.61 Å². The van der Waals surface area contributed by atoms with Crippen molar-refractivity contribution in [3.05, 3.63) is 82.9 Å². The number of carbonyl (C=O) groups excluding carboxylic acids is 3. The third-order valence-electron chi connectivity index (χ3n) is 5.32. The molecule has 2 N–H and O–H groups in total. The normalized spacial score (nSPS) is 19.7. The minimum absolute atomic E-state index is 0.135. The topological polar surface area (TPSA) is 98.9 Å². The fourth-order valence-corrected chi connectivity index (χ4v) is 3.71. The van der Waals surface area contributed by atoms with Crippen LogP contribution >= 0.6 is 0 Å². The van der Waals surface area contributed by atoms with Gasteiger partial charge in [-0.1, -0.05) is 66.2 Å². The molecule has 0 aromatic heterocycles. The van der Waals surface area contributed by atoms with Gasteiger partial charge in [-0.3, -0.25) is 4.79 Å². The lowest BCUT2D eigenvalue weighted by atomic mass is 9.83. The number of nitrogens with two attached hydrogens (primary N) is 1. The molecule has 0 fully saturated rings. The van der Waals surface area contributed by atoms with Gasteiger partial charge in [0.15, 0.2) is 5.60 Å². The molecule has 2 aromatic carbocycles. The van der Waals surface area contributed by atoms with E-state index in [1.54, 1.807) is 12.1 Å². The molecular formula is C24H26N2O5. The minimum atomic E-state index is -1.21. The predicted octanol–water partition coefficient (Wildman–Crippen LogP) is 3.08. The highest BCUT2D eigenvalue weighted by Gasteiger charge is 2.51. The van der Waals surface area contributed by atoms with E-state index in [1.807, 2.05) is 36.4 Å². The van der Waals surface area contributed by atoms with Crippen LogP contribution in [0.3, 0.4) is 0 Å². The van der Waals surface area contributed by atoms with Crippen LogP contribution in [-0.4, -0.2) is 42.6 Å². The molecule has 0 radical (unpaired) electrons. The number of rotatable bonds is 3. The molecule has 7 heteroatoms. The molecule has 2 heterocycles. The van der Waals surface area contributed by atoms with E-state index < -0.39 is 23.6 Å². The van der Waals surface area contributed by atoms with Gasteiger partial charge in [-0.2, -0.15) is 0 Å². The fourth-order valence-electron chi connectivity index (χ4n) is 3.71. The van der Waals surface area contributed by atoms with E-state index in [1.165, 1.54) is 17.4 Å². The zero-order valence-electron chi connectivity index (χ0n) is 17.7. The van der Waals surface area contributed by atoms with Gasteiger partial charge in [-0.15, -0.1) is 0 Å². The average molecular weight is 422 g/mol. The van der Waals surface area contributed by atoms with Crippen LogP contribution in [0.5, 0.6) is 0 Å². The Morgan fingerprint density at radius 2 is 1.71 bits per heavy atom. The molecule has 0 saturated heterocycles. The summed E-state index contributed by atoms with van der Waals surface area (Å²) in [5.41, 5.74) is 7.35. The van der Waals surface area contributed by atoms with Crippen molar-refractivity contribution in [3.8, 4) is 0 Å². The van der Waals surface area contributed by atoms with E-state index in [-0.39, 0.29) is 13.2 Å². The van der Waals surface area contributed by atoms with Gasteiger partial charge in [-0.05, 0) is 13.3 Å². The number of ether oxygens (including phenoxy) is 2. The number of urea groups is 1. The SMILES string of the molecule is CC(=O)OCC1(c2ccccc2)OC(=O)C2=C1CN(C(N)=O)CC2.Cc1ccccc1. The molecule has 7 nitrogen and oxygen atoms in total. The van der Waals surface area contributed by atoms with E-state index >= 15 is 0 Å². The summed E-state index contributed by atoms with van der Waals surface area (Å²) in [5, 5.41) is 0. The second-order valence-electron chi connectivity index (χ2n) is 7.48. The number of primary amides is 1. The summed E-state index contributed by atoms with van der Waals surface area (Å²) in [6, 6.07) is 18.8. The predicted molar refractivity (Wildman–Crippen MR) is 115 cm³/mol. The lowest BCUT2D eigenvalue weighted by molar-refractivity contribution is -0.161. The fraction of sp³-hybridized carbons (Fsp3) is 0.292. The summed E-state index contributed by atoms with van der Waals surface area (Å²) >= 11 is 0. The van der Waals surface area contributed by atoms with Gasteiger partial charge in [0.2, 0.25) is 0 Å². The van der Waals surface area contributed by atoms with Crippen molar-refractivity contribution in [3.63, 3.8) is 0 Å². The highest BCUT2D eigenvalue weighted by atomic mass is 16.6. The third-order valence-corrected chi connectivity index (χ3v) is 5.32. The van der Waals surface area contributed by atoms with E-state index in [0.717, 1.165) is 0 Å². The standard InChI is InChI=1S/C17H18N2O5.C7H8/c1-11(20)23-10-17(12-5-3-2-4-6-12)14-9-19(16(18)22)8-7-13(14)15(21)24-17;1-7-5-3-2-4-6-7/h2-6H,7-10H2,1H3,(H2,18,22);2-6H,1H3. The number of hydrogen-bond acceptors (Lipinski definition) is 5. The number of hydrogen-bond donors (Lipinski definition) is 1. The molecule has 0 bridgehead atoms. The average Bonchev–Trinajstić information content (AvgIpc) is 3.06. The molecule has 162 valence electrons. The molecule has 4 rings (SSSR count). The number of benzene rings is 2. The summed E-state index contributed by atoms with van der Waals surface area (Å²) in [6.45, 7) is 3.78. The minimum Gasteiger partial charge on any atom is -0.461 e. The van der Waals surface area contributed by atoms with Crippen molar-refractivity contribution < 1.29 is 23.9 Å². The van der Waals surface area contributed by atoms with Crippen molar-refractivity contribution in [1.82, 2.24) is 4.90 Å². The zero-order chi connectivity index (χ0) is 22.4. The summed E-state index contributed by atoms with van der Waals surface area (Å²) in [5.74, 6) is -0.914. The maximum absolute atomic E-state index is 12.4. The van der Waals surface area contributed by atoms with Gasteiger partial charge < -0.3 is 20.1 Å². The van der Waals surface area contributed by atoms with Crippen molar-refractivity contribution >= 4 is 18.0 Å². The van der Waals surface area contributed by atoms with Crippen LogP contribution in [-0.2, 0) is 24.7 Å². The van der Waals surface area contributed by atoms with Crippen LogP contribution in [0.25, 0.3) is 0 Å². The van der Waals surface area contributed by atoms with Gasteiger partial charge in [0.25, 0.3) is 0 Å². The Balaban J connectivity index is 0.000000330. The first-order valence-corrected chi connectivity index (χ1v) is 10.0. The lowest BCUT2D eigenvalue weighted by Crippen LogP contribution is -2.45. The number of esters is 2. The van der Waals surface area contributed by atoms with Gasteiger partial charge in [-0.25, -0.2) is 9.59 Å². The van der Waals surface area contributed by atoms with E-state index in [4.69, 9.17) is 15.2 Å². The number of amides is 2.